The number of nitrogens with one attached hydrogen (secondary N) is 1. The molecule has 8 heteroatoms. The first-order valence-electron chi connectivity index (χ1n) is 7.22. The number of fused-ring (bicyclic) bond motifs is 1. The van der Waals surface area contributed by atoms with Gasteiger partial charge in [0, 0.05) is 12.1 Å². The molecule has 0 atom stereocenters. The minimum atomic E-state index is -0.728. The van der Waals surface area contributed by atoms with E-state index in [2.05, 4.69) is 9.97 Å². The van der Waals surface area contributed by atoms with Crippen molar-refractivity contribution in [3.63, 3.8) is 0 Å². The van der Waals surface area contributed by atoms with Gasteiger partial charge in [0.1, 0.15) is 18.2 Å². The molecule has 0 fully saturated rings. The van der Waals surface area contributed by atoms with Crippen LogP contribution in [0.2, 0.25) is 0 Å². The number of benzene rings is 1. The van der Waals surface area contributed by atoms with Crippen molar-refractivity contribution in [2.24, 2.45) is 0 Å². The van der Waals surface area contributed by atoms with Crippen molar-refractivity contribution in [1.29, 1.82) is 5.26 Å². The number of esters is 1. The van der Waals surface area contributed by atoms with E-state index in [0.717, 1.165) is 12.4 Å². The molecule has 0 bridgehead atoms. The molecule has 2 N–H and O–H groups in total. The molecule has 3 aromatic rings. The van der Waals surface area contributed by atoms with E-state index < -0.39 is 18.3 Å². The molecule has 124 valence electrons. The van der Waals surface area contributed by atoms with Crippen LogP contribution in [0.5, 0.6) is 0 Å². The molecular formula is C17H12N4O4. The fraction of sp³-hybridized carbons (Fsp3) is 0.0588. The Kier molecular flexibility index (Phi) is 4.30. The highest BCUT2D eigenvalue weighted by atomic mass is 16.5. The van der Waals surface area contributed by atoms with E-state index in [1.54, 1.807) is 18.2 Å². The minimum absolute atomic E-state index is 0.116. The predicted molar refractivity (Wildman–Crippen MR) is 86.9 cm³/mol. The van der Waals surface area contributed by atoms with E-state index in [4.69, 9.17) is 4.74 Å². The van der Waals surface area contributed by atoms with Crippen LogP contribution in [0.3, 0.4) is 0 Å². The molecule has 0 saturated carbocycles. The number of carbonyl (C=O) groups excluding carboxylic acids is 1. The highest BCUT2D eigenvalue weighted by molar-refractivity contribution is 5.89. The maximum Gasteiger partial charge on any atom is 0.339 e. The zero-order valence-corrected chi connectivity index (χ0v) is 12.8. The quantitative estimate of drug-likeness (QED) is 0.246. The fourth-order valence-corrected chi connectivity index (χ4v) is 2.16. The van der Waals surface area contributed by atoms with Crippen LogP contribution in [-0.4, -0.2) is 27.7 Å². The number of allylic oxidation sites excluding steroid dienone is 1. The second-order valence-electron chi connectivity index (χ2n) is 5.06. The molecule has 0 amide bonds. The van der Waals surface area contributed by atoms with Gasteiger partial charge in [0.15, 0.2) is 24.0 Å². The summed E-state index contributed by atoms with van der Waals surface area (Å²) in [5, 5.41) is 30.3. The molecule has 0 aliphatic rings. The maximum atomic E-state index is 11.9. The topological polar surface area (TPSA) is 126 Å². The monoisotopic (exact) mass is 336 g/mol. The predicted octanol–water partition coefficient (Wildman–Crippen LogP) is 1.85. The lowest BCUT2D eigenvalue weighted by Gasteiger charge is -2.05. The Labute approximate surface area is 141 Å². The average molecular weight is 336 g/mol. The van der Waals surface area contributed by atoms with Gasteiger partial charge in [0.05, 0.1) is 16.6 Å². The van der Waals surface area contributed by atoms with Gasteiger partial charge in [-0.15, -0.1) is 0 Å². The number of para-hydroxylation sites is 2. The zero-order valence-electron chi connectivity index (χ0n) is 12.8. The number of nitriles is 1. The third kappa shape index (κ3) is 3.40. The standard InChI is InChI=1S/C17H12N4O4/c18-9-12(16-19-13-3-1-2-4-14(13)20-16)15(22)10-25-17(23)11-5-7-21(24)8-6-11/h1-8,22H,10H2,(H,19,20)/b15-12-. The van der Waals surface area contributed by atoms with Crippen LogP contribution in [0.15, 0.2) is 54.6 Å². The van der Waals surface area contributed by atoms with E-state index in [1.807, 2.05) is 12.1 Å². The van der Waals surface area contributed by atoms with Crippen LogP contribution in [-0.2, 0) is 4.74 Å². The Balaban J connectivity index is 1.78. The van der Waals surface area contributed by atoms with Gasteiger partial charge >= 0.3 is 5.97 Å². The summed E-state index contributed by atoms with van der Waals surface area (Å²) in [5.74, 6) is -0.969. The minimum Gasteiger partial charge on any atom is -0.619 e. The highest BCUT2D eigenvalue weighted by Crippen LogP contribution is 2.18. The summed E-state index contributed by atoms with van der Waals surface area (Å²) in [6, 6.07) is 11.6. The number of aromatic nitrogens is 3. The van der Waals surface area contributed by atoms with Gasteiger partial charge in [0.2, 0.25) is 0 Å². The Bertz CT molecular complexity index is 966. The summed E-state index contributed by atoms with van der Waals surface area (Å²) in [4.78, 5) is 19.0. The molecule has 2 heterocycles. The van der Waals surface area contributed by atoms with E-state index >= 15 is 0 Å². The number of ether oxygens (including phenoxy) is 1. The first-order chi connectivity index (χ1) is 12.1. The number of pyridine rings is 1. The number of imidazole rings is 1. The average Bonchev–Trinajstić information content (AvgIpc) is 3.04. The normalized spacial score (nSPS) is 11.6. The maximum absolute atomic E-state index is 11.9. The van der Waals surface area contributed by atoms with Crippen molar-refractivity contribution in [2.75, 3.05) is 6.61 Å². The molecule has 3 rings (SSSR count). The number of aliphatic hydroxyl groups is 1. The molecule has 2 aromatic heterocycles. The fourth-order valence-electron chi connectivity index (χ4n) is 2.16. The van der Waals surface area contributed by atoms with Crippen molar-refractivity contribution >= 4 is 22.6 Å². The molecule has 25 heavy (non-hydrogen) atoms. The summed E-state index contributed by atoms with van der Waals surface area (Å²) in [7, 11) is 0. The molecule has 0 spiro atoms. The van der Waals surface area contributed by atoms with Gasteiger partial charge in [-0.1, -0.05) is 12.1 Å². The SMILES string of the molecule is N#C/C(=C(/O)COC(=O)c1cc[n+]([O-])cc1)c1nc2ccccc2[nH]1. The summed E-state index contributed by atoms with van der Waals surface area (Å²) in [6.45, 7) is -0.495. The highest BCUT2D eigenvalue weighted by Gasteiger charge is 2.15. The van der Waals surface area contributed by atoms with Crippen molar-refractivity contribution in [2.45, 2.75) is 0 Å². The second-order valence-corrected chi connectivity index (χ2v) is 5.06. The van der Waals surface area contributed by atoms with Gasteiger partial charge in [0.25, 0.3) is 0 Å². The van der Waals surface area contributed by atoms with Gasteiger partial charge < -0.3 is 20.0 Å². The molecule has 0 aliphatic carbocycles. The number of hydrogen-bond acceptors (Lipinski definition) is 6. The van der Waals surface area contributed by atoms with Crippen LogP contribution in [0.1, 0.15) is 16.2 Å². The lowest BCUT2D eigenvalue weighted by molar-refractivity contribution is -0.605. The molecule has 0 unspecified atom stereocenters. The smallest absolute Gasteiger partial charge is 0.339 e. The van der Waals surface area contributed by atoms with Crippen LogP contribution in [0.4, 0.5) is 0 Å². The number of carbonyl (C=O) groups is 1. The van der Waals surface area contributed by atoms with E-state index in [0.29, 0.717) is 15.8 Å². The third-order valence-electron chi connectivity index (χ3n) is 3.40. The molecule has 0 saturated heterocycles. The first kappa shape index (κ1) is 16.0. The number of nitrogens with zero attached hydrogens (tertiary/aromatic N) is 3. The summed E-state index contributed by atoms with van der Waals surface area (Å²) >= 11 is 0. The number of rotatable bonds is 4. The van der Waals surface area contributed by atoms with Crippen molar-refractivity contribution in [3.05, 3.63) is 71.1 Å². The molecular weight excluding hydrogens is 324 g/mol. The van der Waals surface area contributed by atoms with Crippen LogP contribution >= 0.6 is 0 Å². The van der Waals surface area contributed by atoms with E-state index in [1.165, 1.54) is 12.1 Å². The number of aliphatic hydroxyl groups excluding tert-OH is 1. The second kappa shape index (κ2) is 6.72. The Morgan fingerprint density at radius 2 is 2.04 bits per heavy atom. The van der Waals surface area contributed by atoms with E-state index in [-0.39, 0.29) is 17.0 Å². The van der Waals surface area contributed by atoms with Gasteiger partial charge in [-0.25, -0.2) is 9.78 Å². The van der Waals surface area contributed by atoms with Crippen molar-refractivity contribution in [1.82, 2.24) is 9.97 Å². The van der Waals surface area contributed by atoms with Gasteiger partial charge in [-0.05, 0) is 12.1 Å². The molecule has 0 radical (unpaired) electrons. The Morgan fingerprint density at radius 3 is 2.72 bits per heavy atom. The zero-order chi connectivity index (χ0) is 17.8. The van der Waals surface area contributed by atoms with Crippen molar-refractivity contribution < 1.29 is 19.4 Å². The van der Waals surface area contributed by atoms with Gasteiger partial charge in [-0.3, -0.25) is 0 Å². The molecule has 1 aromatic carbocycles. The molecule has 0 aliphatic heterocycles. The summed E-state index contributed by atoms with van der Waals surface area (Å²) in [5.41, 5.74) is 1.40. The number of hydrogen-bond donors (Lipinski definition) is 2. The summed E-state index contributed by atoms with van der Waals surface area (Å²) < 4.78 is 5.49. The van der Waals surface area contributed by atoms with Crippen LogP contribution < -0.4 is 4.73 Å². The lowest BCUT2D eigenvalue weighted by atomic mass is 10.2. The summed E-state index contributed by atoms with van der Waals surface area (Å²) in [6.07, 6.45) is 2.31. The van der Waals surface area contributed by atoms with Crippen LogP contribution in [0.25, 0.3) is 16.6 Å². The van der Waals surface area contributed by atoms with E-state index in [9.17, 15) is 20.4 Å². The molecule has 8 nitrogen and oxygen atoms in total. The largest absolute Gasteiger partial charge is 0.619 e. The third-order valence-corrected chi connectivity index (χ3v) is 3.40. The van der Waals surface area contributed by atoms with Crippen molar-refractivity contribution in [3.8, 4) is 6.07 Å². The van der Waals surface area contributed by atoms with Crippen LogP contribution in [0, 0.1) is 16.5 Å². The number of aromatic amines is 1. The Hall–Kier alpha value is -3.86. The van der Waals surface area contributed by atoms with Gasteiger partial charge in [-0.2, -0.15) is 9.99 Å². The number of H-pyrrole nitrogens is 1. The first-order valence-corrected chi connectivity index (χ1v) is 7.22. The lowest BCUT2D eigenvalue weighted by Crippen LogP contribution is -2.24. The Morgan fingerprint density at radius 1 is 1.32 bits per heavy atom.